The summed E-state index contributed by atoms with van der Waals surface area (Å²) in [6, 6.07) is 4.47. The molecule has 1 aliphatic rings. The van der Waals surface area contributed by atoms with Crippen LogP contribution in [-0.4, -0.2) is 55.6 Å². The lowest BCUT2D eigenvalue weighted by atomic mass is 10.1. The Morgan fingerprint density at radius 2 is 2.16 bits per heavy atom. The van der Waals surface area contributed by atoms with Gasteiger partial charge in [0.25, 0.3) is 0 Å². The normalized spacial score (nSPS) is 25.7. The summed E-state index contributed by atoms with van der Waals surface area (Å²) in [7, 11) is 0. The zero-order chi connectivity index (χ0) is 18.0. The molecule has 4 N–H and O–H groups in total. The molecule has 25 heavy (non-hydrogen) atoms. The van der Waals surface area contributed by atoms with Crippen molar-refractivity contribution in [3.05, 3.63) is 52.8 Å². The molecule has 3 heterocycles. The number of rotatable bonds is 4. The summed E-state index contributed by atoms with van der Waals surface area (Å²) in [5, 5.41) is 20.2. The van der Waals surface area contributed by atoms with Crippen LogP contribution < -0.4 is 11.4 Å². The number of aliphatic hydroxyl groups excluding tert-OH is 2. The van der Waals surface area contributed by atoms with Gasteiger partial charge in [0, 0.05) is 18.6 Å². The van der Waals surface area contributed by atoms with E-state index in [2.05, 4.69) is 9.97 Å². The van der Waals surface area contributed by atoms with Crippen molar-refractivity contribution >= 4 is 11.8 Å². The number of esters is 1. The maximum atomic E-state index is 11.9. The second-order valence-electron chi connectivity index (χ2n) is 5.43. The number of nitrogens with zero attached hydrogens (tertiary/aromatic N) is 3. The van der Waals surface area contributed by atoms with Gasteiger partial charge in [0.15, 0.2) is 6.23 Å². The van der Waals surface area contributed by atoms with Gasteiger partial charge in [-0.1, -0.05) is 0 Å². The molecular formula is C15H16N4O6. The number of carbonyl (C=O) groups is 1. The Hall–Kier alpha value is -2.82. The Labute approximate surface area is 141 Å². The minimum absolute atomic E-state index is 0.0243. The summed E-state index contributed by atoms with van der Waals surface area (Å²) in [5.74, 6) is -0.621. The molecule has 0 unspecified atom stereocenters. The minimum Gasteiger partial charge on any atom is -0.459 e. The van der Waals surface area contributed by atoms with Crippen molar-refractivity contribution in [1.29, 1.82) is 0 Å². The van der Waals surface area contributed by atoms with Crippen LogP contribution in [0.15, 0.2) is 41.6 Å². The van der Waals surface area contributed by atoms with E-state index < -0.39 is 36.2 Å². The number of ether oxygens (including phenoxy) is 2. The van der Waals surface area contributed by atoms with Crippen molar-refractivity contribution in [3.8, 4) is 0 Å². The third kappa shape index (κ3) is 3.50. The topological polar surface area (TPSA) is 150 Å². The van der Waals surface area contributed by atoms with Gasteiger partial charge in [0.1, 0.15) is 30.7 Å². The first-order chi connectivity index (χ1) is 12.0. The van der Waals surface area contributed by atoms with E-state index in [4.69, 9.17) is 15.2 Å². The standard InChI is InChI=1S/C15H16N4O6/c16-10-3-5-19(15(23)18-10)13-12(21)11(20)9(25-13)7-24-14(22)8-2-1-4-17-6-8/h1-6,9,11-13,20-21H,7H2,(H2,16,18,23)/t9-,11-,12-,13-/m1/s1. The average molecular weight is 348 g/mol. The summed E-state index contributed by atoms with van der Waals surface area (Å²) >= 11 is 0. The van der Waals surface area contributed by atoms with Crippen molar-refractivity contribution in [1.82, 2.24) is 14.5 Å². The smallest absolute Gasteiger partial charge is 0.351 e. The van der Waals surface area contributed by atoms with Gasteiger partial charge in [-0.2, -0.15) is 4.98 Å². The SMILES string of the molecule is Nc1ccn([C@@H]2O[C@H](COC(=O)c3cccnc3)[C@@H](O)[C@H]2O)c(=O)n1. The van der Waals surface area contributed by atoms with E-state index in [1.807, 2.05) is 0 Å². The lowest BCUT2D eigenvalue weighted by Gasteiger charge is -2.16. The number of hydrogen-bond donors (Lipinski definition) is 3. The van der Waals surface area contributed by atoms with E-state index in [1.165, 1.54) is 30.7 Å². The molecule has 1 saturated heterocycles. The first kappa shape index (κ1) is 17.0. The molecule has 3 rings (SSSR count). The van der Waals surface area contributed by atoms with Crippen molar-refractivity contribution in [2.45, 2.75) is 24.5 Å². The van der Waals surface area contributed by atoms with Crippen LogP contribution in [0.5, 0.6) is 0 Å². The molecule has 10 heteroatoms. The van der Waals surface area contributed by atoms with E-state index in [1.54, 1.807) is 6.07 Å². The molecular weight excluding hydrogens is 332 g/mol. The van der Waals surface area contributed by atoms with Crippen molar-refractivity contribution < 1.29 is 24.5 Å². The predicted molar refractivity (Wildman–Crippen MR) is 83.4 cm³/mol. The van der Waals surface area contributed by atoms with Crippen molar-refractivity contribution in [2.24, 2.45) is 0 Å². The second-order valence-corrected chi connectivity index (χ2v) is 5.43. The van der Waals surface area contributed by atoms with Gasteiger partial charge >= 0.3 is 11.7 Å². The molecule has 10 nitrogen and oxygen atoms in total. The van der Waals surface area contributed by atoms with Gasteiger partial charge in [0.05, 0.1) is 5.56 Å². The molecule has 2 aromatic heterocycles. The lowest BCUT2D eigenvalue weighted by molar-refractivity contribution is -0.0598. The number of carbonyl (C=O) groups excluding carboxylic acids is 1. The fourth-order valence-corrected chi connectivity index (χ4v) is 2.44. The first-order valence-electron chi connectivity index (χ1n) is 7.41. The zero-order valence-electron chi connectivity index (χ0n) is 12.9. The van der Waals surface area contributed by atoms with Gasteiger partial charge in [-0.25, -0.2) is 9.59 Å². The molecule has 0 radical (unpaired) electrons. The van der Waals surface area contributed by atoms with E-state index in [0.717, 1.165) is 4.57 Å². The highest BCUT2D eigenvalue weighted by Gasteiger charge is 2.44. The number of aromatic nitrogens is 3. The number of anilines is 1. The Morgan fingerprint density at radius 3 is 2.84 bits per heavy atom. The van der Waals surface area contributed by atoms with Gasteiger partial charge in [-0.3, -0.25) is 9.55 Å². The Kier molecular flexibility index (Phi) is 4.74. The fraction of sp³-hybridized carbons (Fsp3) is 0.333. The maximum Gasteiger partial charge on any atom is 0.351 e. The fourth-order valence-electron chi connectivity index (χ4n) is 2.44. The highest BCUT2D eigenvalue weighted by Crippen LogP contribution is 2.28. The van der Waals surface area contributed by atoms with Crippen molar-refractivity contribution in [3.63, 3.8) is 0 Å². The largest absolute Gasteiger partial charge is 0.459 e. The third-order valence-electron chi connectivity index (χ3n) is 3.74. The van der Waals surface area contributed by atoms with E-state index in [0.29, 0.717) is 0 Å². The highest BCUT2D eigenvalue weighted by atomic mass is 16.6. The van der Waals surface area contributed by atoms with Gasteiger partial charge in [0.2, 0.25) is 0 Å². The summed E-state index contributed by atoms with van der Waals surface area (Å²) in [6.07, 6.45) is -0.773. The molecule has 132 valence electrons. The molecule has 1 fully saturated rings. The molecule has 0 aromatic carbocycles. The maximum absolute atomic E-state index is 11.9. The van der Waals surface area contributed by atoms with Crippen LogP contribution in [0.2, 0.25) is 0 Å². The lowest BCUT2D eigenvalue weighted by Crippen LogP contribution is -2.36. The molecule has 4 atom stereocenters. The molecule has 0 amide bonds. The zero-order valence-corrected chi connectivity index (χ0v) is 12.9. The third-order valence-corrected chi connectivity index (χ3v) is 3.74. The van der Waals surface area contributed by atoms with Crippen LogP contribution in [0, 0.1) is 0 Å². The van der Waals surface area contributed by atoms with Crippen LogP contribution >= 0.6 is 0 Å². The van der Waals surface area contributed by atoms with E-state index in [-0.39, 0.29) is 18.0 Å². The van der Waals surface area contributed by atoms with E-state index in [9.17, 15) is 19.8 Å². The van der Waals surface area contributed by atoms with Crippen LogP contribution in [0.25, 0.3) is 0 Å². The number of nitrogens with two attached hydrogens (primary N) is 1. The van der Waals surface area contributed by atoms with Gasteiger partial charge in [-0.05, 0) is 18.2 Å². The molecule has 0 spiro atoms. The molecule has 1 aliphatic heterocycles. The van der Waals surface area contributed by atoms with Crippen LogP contribution in [0.3, 0.4) is 0 Å². The second kappa shape index (κ2) is 6.97. The molecule has 0 saturated carbocycles. The van der Waals surface area contributed by atoms with Crippen LogP contribution in [0.4, 0.5) is 5.82 Å². The monoisotopic (exact) mass is 348 g/mol. The summed E-state index contributed by atoms with van der Waals surface area (Å²) < 4.78 is 11.5. The molecule has 0 bridgehead atoms. The number of nitrogen functional groups attached to an aromatic ring is 1. The first-order valence-corrected chi connectivity index (χ1v) is 7.41. The summed E-state index contributed by atoms with van der Waals surface area (Å²) in [5.41, 5.74) is 4.92. The number of pyridine rings is 1. The molecule has 0 aliphatic carbocycles. The number of aliphatic hydroxyl groups is 2. The Balaban J connectivity index is 1.68. The van der Waals surface area contributed by atoms with Gasteiger partial charge in [-0.15, -0.1) is 0 Å². The average Bonchev–Trinajstić information content (AvgIpc) is 2.89. The Bertz CT molecular complexity index is 811. The van der Waals surface area contributed by atoms with E-state index >= 15 is 0 Å². The number of hydrogen-bond acceptors (Lipinski definition) is 9. The molecule has 2 aromatic rings. The van der Waals surface area contributed by atoms with Crippen LogP contribution in [0.1, 0.15) is 16.6 Å². The summed E-state index contributed by atoms with van der Waals surface area (Å²) in [4.78, 5) is 31.1. The quantitative estimate of drug-likeness (QED) is 0.573. The predicted octanol–water partition coefficient (Wildman–Crippen LogP) is -1.30. The highest BCUT2D eigenvalue weighted by molar-refractivity contribution is 5.88. The van der Waals surface area contributed by atoms with Crippen LogP contribution in [-0.2, 0) is 9.47 Å². The summed E-state index contributed by atoms with van der Waals surface area (Å²) in [6.45, 7) is -0.306. The minimum atomic E-state index is -1.40. The van der Waals surface area contributed by atoms with Crippen molar-refractivity contribution in [2.75, 3.05) is 12.3 Å². The van der Waals surface area contributed by atoms with Gasteiger partial charge < -0.3 is 25.4 Å². The Morgan fingerprint density at radius 1 is 1.36 bits per heavy atom.